The summed E-state index contributed by atoms with van der Waals surface area (Å²) >= 11 is 0. The summed E-state index contributed by atoms with van der Waals surface area (Å²) in [6.45, 7) is 2.21. The van der Waals surface area contributed by atoms with Gasteiger partial charge in [-0.3, -0.25) is 0 Å². The number of hydrogen-bond donors (Lipinski definition) is 3. The zero-order valence-corrected chi connectivity index (χ0v) is 10.7. The van der Waals surface area contributed by atoms with Crippen LogP contribution in [0, 0.1) is 6.92 Å². The highest BCUT2D eigenvalue weighted by molar-refractivity contribution is 5.90. The first-order valence-corrected chi connectivity index (χ1v) is 6.04. The van der Waals surface area contributed by atoms with E-state index in [1.54, 1.807) is 25.1 Å². The molecule has 98 valence electrons. The molecule has 0 radical (unpaired) electrons. The van der Waals surface area contributed by atoms with Gasteiger partial charge in [-0.1, -0.05) is 36.4 Å². The largest absolute Gasteiger partial charge is 0.508 e. The Kier molecular flexibility index (Phi) is 4.03. The van der Waals surface area contributed by atoms with Crippen LogP contribution in [0.25, 0.3) is 0 Å². The van der Waals surface area contributed by atoms with Gasteiger partial charge in [0.1, 0.15) is 5.75 Å². The summed E-state index contributed by atoms with van der Waals surface area (Å²) in [6, 6.07) is 14.4. The topological polar surface area (TPSA) is 61.4 Å². The number of nitrogens with one attached hydrogen (secondary N) is 2. The van der Waals surface area contributed by atoms with Crippen molar-refractivity contribution in [2.24, 2.45) is 0 Å². The van der Waals surface area contributed by atoms with Crippen molar-refractivity contribution in [1.82, 2.24) is 5.32 Å². The number of rotatable bonds is 3. The van der Waals surface area contributed by atoms with Gasteiger partial charge in [0.05, 0.1) is 0 Å². The highest BCUT2D eigenvalue weighted by atomic mass is 16.3. The maximum Gasteiger partial charge on any atom is 0.319 e. The summed E-state index contributed by atoms with van der Waals surface area (Å²) in [6.07, 6.45) is 0. The van der Waals surface area contributed by atoms with Crippen LogP contribution in [0.5, 0.6) is 5.75 Å². The van der Waals surface area contributed by atoms with E-state index >= 15 is 0 Å². The number of amides is 2. The number of aromatic hydroxyl groups is 1. The molecule has 0 fully saturated rings. The Labute approximate surface area is 112 Å². The van der Waals surface area contributed by atoms with Crippen molar-refractivity contribution < 1.29 is 9.90 Å². The molecule has 2 rings (SSSR count). The number of phenolic OH excluding ortho intramolecular Hbond substituents is 1. The van der Waals surface area contributed by atoms with E-state index < -0.39 is 0 Å². The predicted molar refractivity (Wildman–Crippen MR) is 75.1 cm³/mol. The lowest BCUT2D eigenvalue weighted by Crippen LogP contribution is -2.28. The van der Waals surface area contributed by atoms with Crippen molar-refractivity contribution in [3.63, 3.8) is 0 Å². The first-order valence-electron chi connectivity index (χ1n) is 6.04. The Hall–Kier alpha value is -2.49. The summed E-state index contributed by atoms with van der Waals surface area (Å²) in [4.78, 5) is 11.7. The summed E-state index contributed by atoms with van der Waals surface area (Å²) in [5.74, 6) is 0.167. The Morgan fingerprint density at radius 1 is 1.11 bits per heavy atom. The molecule has 0 atom stereocenters. The van der Waals surface area contributed by atoms with E-state index in [-0.39, 0.29) is 11.8 Å². The normalized spacial score (nSPS) is 9.95. The molecule has 0 aliphatic rings. The Balaban J connectivity index is 1.93. The van der Waals surface area contributed by atoms with E-state index in [4.69, 9.17) is 0 Å². The monoisotopic (exact) mass is 256 g/mol. The van der Waals surface area contributed by atoms with Gasteiger partial charge >= 0.3 is 6.03 Å². The SMILES string of the molecule is Cc1c(O)cccc1NC(=O)NCc1ccccc1. The van der Waals surface area contributed by atoms with Crippen molar-refractivity contribution in [3.05, 3.63) is 59.7 Å². The number of carbonyl (C=O) groups is 1. The number of urea groups is 1. The van der Waals surface area contributed by atoms with Gasteiger partial charge in [-0.15, -0.1) is 0 Å². The number of anilines is 1. The molecule has 0 saturated carbocycles. The van der Waals surface area contributed by atoms with E-state index in [1.165, 1.54) is 0 Å². The van der Waals surface area contributed by atoms with Crippen LogP contribution in [0.15, 0.2) is 48.5 Å². The van der Waals surface area contributed by atoms with Crippen molar-refractivity contribution in [2.45, 2.75) is 13.5 Å². The Bertz CT molecular complexity index is 568. The van der Waals surface area contributed by atoms with Crippen molar-refractivity contribution >= 4 is 11.7 Å². The van der Waals surface area contributed by atoms with Crippen LogP contribution in [-0.2, 0) is 6.54 Å². The molecule has 0 aliphatic carbocycles. The molecule has 0 bridgehead atoms. The highest BCUT2D eigenvalue weighted by Crippen LogP contribution is 2.23. The number of phenols is 1. The fraction of sp³-hybridized carbons (Fsp3) is 0.133. The van der Waals surface area contributed by atoms with E-state index in [1.807, 2.05) is 30.3 Å². The van der Waals surface area contributed by atoms with E-state index in [0.717, 1.165) is 5.56 Å². The third-order valence-corrected chi connectivity index (χ3v) is 2.85. The van der Waals surface area contributed by atoms with Gasteiger partial charge in [0, 0.05) is 17.8 Å². The van der Waals surface area contributed by atoms with Crippen molar-refractivity contribution in [3.8, 4) is 5.75 Å². The third kappa shape index (κ3) is 3.48. The minimum atomic E-state index is -0.294. The molecule has 4 heteroatoms. The van der Waals surface area contributed by atoms with Crippen molar-refractivity contribution in [2.75, 3.05) is 5.32 Å². The number of benzene rings is 2. The molecule has 4 nitrogen and oxygen atoms in total. The standard InChI is InChI=1S/C15H16N2O2/c1-11-13(8-5-9-14(11)18)17-15(19)16-10-12-6-3-2-4-7-12/h2-9,18H,10H2,1H3,(H2,16,17,19). The van der Waals surface area contributed by atoms with Crippen LogP contribution in [0.4, 0.5) is 10.5 Å². The summed E-state index contributed by atoms with van der Waals surface area (Å²) in [5.41, 5.74) is 2.29. The fourth-order valence-corrected chi connectivity index (χ4v) is 1.70. The molecule has 0 aromatic heterocycles. The lowest BCUT2D eigenvalue weighted by atomic mass is 10.2. The van der Waals surface area contributed by atoms with Crippen LogP contribution in [0.3, 0.4) is 0 Å². The van der Waals surface area contributed by atoms with Gasteiger partial charge in [-0.2, -0.15) is 0 Å². The average Bonchev–Trinajstić information content (AvgIpc) is 2.43. The summed E-state index contributed by atoms with van der Waals surface area (Å²) < 4.78 is 0. The molecular formula is C15H16N2O2. The van der Waals surface area contributed by atoms with Crippen LogP contribution >= 0.6 is 0 Å². The molecule has 19 heavy (non-hydrogen) atoms. The van der Waals surface area contributed by atoms with Gasteiger partial charge in [0.2, 0.25) is 0 Å². The maximum absolute atomic E-state index is 11.7. The lowest BCUT2D eigenvalue weighted by molar-refractivity contribution is 0.251. The summed E-state index contributed by atoms with van der Waals surface area (Å²) in [5, 5.41) is 15.0. The molecule has 0 saturated heterocycles. The Morgan fingerprint density at radius 2 is 1.84 bits per heavy atom. The lowest BCUT2D eigenvalue weighted by Gasteiger charge is -2.10. The molecular weight excluding hydrogens is 240 g/mol. The molecule has 0 spiro atoms. The molecule has 2 amide bonds. The zero-order chi connectivity index (χ0) is 13.7. The molecule has 0 heterocycles. The zero-order valence-electron chi connectivity index (χ0n) is 10.7. The van der Waals surface area contributed by atoms with Crippen LogP contribution in [-0.4, -0.2) is 11.1 Å². The Morgan fingerprint density at radius 3 is 2.58 bits per heavy atom. The first kappa shape index (κ1) is 13.0. The van der Waals surface area contributed by atoms with Gasteiger partial charge in [0.15, 0.2) is 0 Å². The average molecular weight is 256 g/mol. The maximum atomic E-state index is 11.7. The third-order valence-electron chi connectivity index (χ3n) is 2.85. The second-order valence-corrected chi connectivity index (χ2v) is 4.24. The van der Waals surface area contributed by atoms with Gasteiger partial charge in [-0.25, -0.2) is 4.79 Å². The van der Waals surface area contributed by atoms with E-state index in [9.17, 15) is 9.90 Å². The van der Waals surface area contributed by atoms with Crippen LogP contribution < -0.4 is 10.6 Å². The van der Waals surface area contributed by atoms with Crippen molar-refractivity contribution in [1.29, 1.82) is 0 Å². The quantitative estimate of drug-likeness (QED) is 0.790. The van der Waals surface area contributed by atoms with E-state index in [0.29, 0.717) is 17.8 Å². The second-order valence-electron chi connectivity index (χ2n) is 4.24. The van der Waals surface area contributed by atoms with Gasteiger partial charge in [0.25, 0.3) is 0 Å². The minimum Gasteiger partial charge on any atom is -0.508 e. The highest BCUT2D eigenvalue weighted by Gasteiger charge is 2.06. The van der Waals surface area contributed by atoms with Gasteiger partial charge < -0.3 is 15.7 Å². The second kappa shape index (κ2) is 5.91. The summed E-state index contributed by atoms with van der Waals surface area (Å²) in [7, 11) is 0. The first-order chi connectivity index (χ1) is 9.16. The van der Waals surface area contributed by atoms with Gasteiger partial charge in [-0.05, 0) is 24.6 Å². The molecule has 3 N–H and O–H groups in total. The number of hydrogen-bond acceptors (Lipinski definition) is 2. The predicted octanol–water partition coefficient (Wildman–Crippen LogP) is 3.02. The van der Waals surface area contributed by atoms with Crippen LogP contribution in [0.2, 0.25) is 0 Å². The fourth-order valence-electron chi connectivity index (χ4n) is 1.70. The number of carbonyl (C=O) groups excluding carboxylic acids is 1. The van der Waals surface area contributed by atoms with Crippen LogP contribution in [0.1, 0.15) is 11.1 Å². The molecule has 2 aromatic rings. The molecule has 0 aliphatic heterocycles. The minimum absolute atomic E-state index is 0.167. The molecule has 2 aromatic carbocycles. The van der Waals surface area contributed by atoms with E-state index in [2.05, 4.69) is 10.6 Å². The molecule has 0 unspecified atom stereocenters. The smallest absolute Gasteiger partial charge is 0.319 e.